The topological polar surface area (TPSA) is 97.5 Å². The average molecular weight is 405 g/mol. The van der Waals surface area contributed by atoms with Gasteiger partial charge in [-0.1, -0.05) is 0 Å². The second kappa shape index (κ2) is 7.14. The molecule has 1 unspecified atom stereocenters. The molecular weight excluding hydrogens is 384 g/mol. The van der Waals surface area contributed by atoms with Gasteiger partial charge in [0.15, 0.2) is 0 Å². The monoisotopic (exact) mass is 404 g/mol. The summed E-state index contributed by atoms with van der Waals surface area (Å²) < 4.78 is 21.4. The van der Waals surface area contributed by atoms with Crippen LogP contribution in [0.4, 0.5) is 10.6 Å². The number of nitrogens with zero attached hydrogens (tertiary/aromatic N) is 2. The van der Waals surface area contributed by atoms with E-state index in [9.17, 15) is 9.00 Å². The van der Waals surface area contributed by atoms with Crippen LogP contribution in [0.2, 0.25) is 0 Å². The minimum absolute atomic E-state index is 0.0817. The van der Waals surface area contributed by atoms with Crippen LogP contribution >= 0.6 is 15.9 Å². The predicted octanol–water partition coefficient (Wildman–Crippen LogP) is 2.05. The van der Waals surface area contributed by atoms with Gasteiger partial charge in [0, 0.05) is 29.8 Å². The highest BCUT2D eigenvalue weighted by molar-refractivity contribution is 9.10. The molecule has 2 rings (SSSR count). The van der Waals surface area contributed by atoms with Crippen LogP contribution in [0, 0.1) is 0 Å². The SMILES string of the molecule is CC(C)(C)OC(=O)N1CC[C@@H](NS(=O)c2cc(Br)cnc2N)C1. The molecule has 2 heterocycles. The number of nitrogens with one attached hydrogen (secondary N) is 1. The van der Waals surface area contributed by atoms with E-state index < -0.39 is 16.6 Å². The molecule has 0 aromatic carbocycles. The summed E-state index contributed by atoms with van der Waals surface area (Å²) in [7, 11) is -1.49. The number of anilines is 1. The Morgan fingerprint density at radius 1 is 1.57 bits per heavy atom. The first-order chi connectivity index (χ1) is 10.7. The van der Waals surface area contributed by atoms with Gasteiger partial charge in [-0.2, -0.15) is 0 Å². The van der Waals surface area contributed by atoms with E-state index in [0.717, 1.165) is 0 Å². The quantitative estimate of drug-likeness (QED) is 0.802. The second-order valence-electron chi connectivity index (χ2n) is 6.34. The van der Waals surface area contributed by atoms with Crippen molar-refractivity contribution in [2.75, 3.05) is 18.8 Å². The van der Waals surface area contributed by atoms with Crippen molar-refractivity contribution in [3.63, 3.8) is 0 Å². The first kappa shape index (κ1) is 18.2. The van der Waals surface area contributed by atoms with E-state index in [4.69, 9.17) is 10.5 Å². The highest BCUT2D eigenvalue weighted by Crippen LogP contribution is 2.20. The standard InChI is InChI=1S/C14H21BrN4O3S/c1-14(2,3)22-13(20)19-5-4-10(8-19)18-23(21)11-6-9(15)7-17-12(11)16/h6-7,10,18H,4-5,8H2,1-3H3,(H2,16,17)/t10-,23?/m1/s1. The Morgan fingerprint density at radius 3 is 2.91 bits per heavy atom. The second-order valence-corrected chi connectivity index (χ2v) is 8.46. The minimum atomic E-state index is -1.49. The third-order valence-corrected chi connectivity index (χ3v) is 4.87. The van der Waals surface area contributed by atoms with Crippen LogP contribution in [-0.4, -0.2) is 44.9 Å². The summed E-state index contributed by atoms with van der Waals surface area (Å²) in [6.45, 7) is 6.50. The smallest absolute Gasteiger partial charge is 0.410 e. The molecule has 23 heavy (non-hydrogen) atoms. The number of nitrogens with two attached hydrogens (primary N) is 1. The van der Waals surface area contributed by atoms with Gasteiger partial charge in [-0.3, -0.25) is 0 Å². The van der Waals surface area contributed by atoms with E-state index in [1.54, 1.807) is 17.2 Å². The Morgan fingerprint density at radius 2 is 2.26 bits per heavy atom. The van der Waals surface area contributed by atoms with Crippen LogP contribution in [-0.2, 0) is 15.7 Å². The van der Waals surface area contributed by atoms with Gasteiger partial charge in [-0.05, 0) is 49.2 Å². The van der Waals surface area contributed by atoms with Gasteiger partial charge >= 0.3 is 6.09 Å². The van der Waals surface area contributed by atoms with Gasteiger partial charge in [0.1, 0.15) is 22.4 Å². The van der Waals surface area contributed by atoms with Crippen molar-refractivity contribution in [1.82, 2.24) is 14.6 Å². The van der Waals surface area contributed by atoms with Gasteiger partial charge in [-0.25, -0.2) is 18.7 Å². The van der Waals surface area contributed by atoms with Crippen molar-refractivity contribution in [1.29, 1.82) is 0 Å². The zero-order valence-electron chi connectivity index (χ0n) is 13.3. The van der Waals surface area contributed by atoms with Crippen molar-refractivity contribution in [2.24, 2.45) is 0 Å². The number of likely N-dealkylation sites (tertiary alicyclic amines) is 1. The minimum Gasteiger partial charge on any atom is -0.444 e. The summed E-state index contributed by atoms with van der Waals surface area (Å²) in [6.07, 6.45) is 1.90. The lowest BCUT2D eigenvalue weighted by molar-refractivity contribution is 0.0292. The maximum absolute atomic E-state index is 12.4. The number of aromatic nitrogens is 1. The molecule has 1 aliphatic heterocycles. The van der Waals surface area contributed by atoms with Crippen molar-refractivity contribution >= 4 is 38.8 Å². The van der Waals surface area contributed by atoms with Crippen LogP contribution in [0.5, 0.6) is 0 Å². The summed E-state index contributed by atoms with van der Waals surface area (Å²) in [5.74, 6) is 0.223. The molecule has 0 saturated carbocycles. The summed E-state index contributed by atoms with van der Waals surface area (Å²) in [5.41, 5.74) is 5.23. The first-order valence-corrected chi connectivity index (χ1v) is 9.17. The number of hydrogen-bond acceptors (Lipinski definition) is 5. The molecule has 0 aliphatic carbocycles. The molecule has 2 atom stereocenters. The van der Waals surface area contributed by atoms with E-state index in [2.05, 4.69) is 25.6 Å². The van der Waals surface area contributed by atoms with Crippen molar-refractivity contribution < 1.29 is 13.7 Å². The lowest BCUT2D eigenvalue weighted by atomic mass is 10.2. The lowest BCUT2D eigenvalue weighted by Gasteiger charge is -2.24. The molecule has 9 heteroatoms. The van der Waals surface area contributed by atoms with Gasteiger partial charge in [0.2, 0.25) is 0 Å². The fourth-order valence-corrected chi connectivity index (χ4v) is 3.72. The molecule has 1 amide bonds. The van der Waals surface area contributed by atoms with Gasteiger partial charge < -0.3 is 15.4 Å². The normalized spacial score (nSPS) is 19.7. The molecule has 0 radical (unpaired) electrons. The van der Waals surface area contributed by atoms with Crippen molar-refractivity contribution in [2.45, 2.75) is 43.7 Å². The third-order valence-electron chi connectivity index (χ3n) is 3.16. The zero-order chi connectivity index (χ0) is 17.2. The van der Waals surface area contributed by atoms with E-state index in [-0.39, 0.29) is 18.0 Å². The Kier molecular flexibility index (Phi) is 5.64. The van der Waals surface area contributed by atoms with E-state index in [1.807, 2.05) is 20.8 Å². The van der Waals surface area contributed by atoms with E-state index >= 15 is 0 Å². The fourth-order valence-electron chi connectivity index (χ4n) is 2.14. The summed E-state index contributed by atoms with van der Waals surface area (Å²) in [5, 5.41) is 0. The average Bonchev–Trinajstić information content (AvgIpc) is 2.88. The lowest BCUT2D eigenvalue weighted by Crippen LogP contribution is -2.38. The molecule has 1 saturated heterocycles. The summed E-state index contributed by atoms with van der Waals surface area (Å²) in [4.78, 5) is 18.0. The maximum Gasteiger partial charge on any atom is 0.410 e. The Labute approximate surface area is 146 Å². The van der Waals surface area contributed by atoms with Crippen LogP contribution < -0.4 is 10.5 Å². The molecule has 0 bridgehead atoms. The van der Waals surface area contributed by atoms with Crippen LogP contribution in [0.1, 0.15) is 27.2 Å². The van der Waals surface area contributed by atoms with Gasteiger partial charge in [0.05, 0.1) is 4.90 Å². The van der Waals surface area contributed by atoms with E-state index in [0.29, 0.717) is 28.9 Å². The third kappa shape index (κ3) is 5.15. The number of carbonyl (C=O) groups excluding carboxylic acids is 1. The van der Waals surface area contributed by atoms with Crippen LogP contribution in [0.3, 0.4) is 0 Å². The molecule has 1 aromatic heterocycles. The molecular formula is C14H21BrN4O3S. The predicted molar refractivity (Wildman–Crippen MR) is 92.1 cm³/mol. The number of nitrogen functional groups attached to an aromatic ring is 1. The van der Waals surface area contributed by atoms with Gasteiger partial charge in [0.25, 0.3) is 0 Å². The Hall–Kier alpha value is -1.19. The number of halogens is 1. The summed E-state index contributed by atoms with van der Waals surface area (Å²) >= 11 is 3.28. The van der Waals surface area contributed by atoms with Crippen LogP contribution in [0.25, 0.3) is 0 Å². The first-order valence-electron chi connectivity index (χ1n) is 7.22. The molecule has 128 valence electrons. The van der Waals surface area contributed by atoms with Gasteiger partial charge in [-0.15, -0.1) is 0 Å². The zero-order valence-corrected chi connectivity index (χ0v) is 15.7. The Bertz CT molecular complexity index is 621. The van der Waals surface area contributed by atoms with Crippen molar-refractivity contribution in [3.8, 4) is 0 Å². The number of carbonyl (C=O) groups is 1. The highest BCUT2D eigenvalue weighted by atomic mass is 79.9. The molecule has 3 N–H and O–H groups in total. The fraction of sp³-hybridized carbons (Fsp3) is 0.571. The number of ether oxygens (including phenoxy) is 1. The number of amides is 1. The molecule has 1 aliphatic rings. The summed E-state index contributed by atoms with van der Waals surface area (Å²) in [6, 6.07) is 1.59. The number of pyridine rings is 1. The molecule has 1 fully saturated rings. The highest BCUT2D eigenvalue weighted by Gasteiger charge is 2.30. The molecule has 0 spiro atoms. The number of hydrogen-bond donors (Lipinski definition) is 2. The number of rotatable bonds is 3. The maximum atomic E-state index is 12.4. The molecule has 1 aromatic rings. The Balaban J connectivity index is 1.94. The van der Waals surface area contributed by atoms with Crippen LogP contribution in [0.15, 0.2) is 21.6 Å². The largest absolute Gasteiger partial charge is 0.444 e. The van der Waals surface area contributed by atoms with E-state index in [1.165, 1.54) is 0 Å². The molecule has 7 nitrogen and oxygen atoms in total. The van der Waals surface area contributed by atoms with Crippen molar-refractivity contribution in [3.05, 3.63) is 16.7 Å².